The number of hydrogen-bond donors (Lipinski definition) is 1. The first-order valence-corrected chi connectivity index (χ1v) is 10.1. The van der Waals surface area contributed by atoms with Gasteiger partial charge in [0.15, 0.2) is 0 Å². The minimum atomic E-state index is -1.20. The van der Waals surface area contributed by atoms with Crippen LogP contribution in [0.1, 0.15) is 22.6 Å². The second kappa shape index (κ2) is 8.20. The third-order valence-electron chi connectivity index (χ3n) is 5.52. The van der Waals surface area contributed by atoms with Crippen molar-refractivity contribution in [1.29, 1.82) is 0 Å². The van der Waals surface area contributed by atoms with Gasteiger partial charge >= 0.3 is 0 Å². The molecule has 1 aliphatic rings. The van der Waals surface area contributed by atoms with Crippen LogP contribution in [-0.2, 0) is 5.60 Å². The summed E-state index contributed by atoms with van der Waals surface area (Å²) in [7, 11) is 4.14. The van der Waals surface area contributed by atoms with Crippen LogP contribution in [0.15, 0.2) is 114 Å². The Hall–Kier alpha value is -2.94. The molecule has 2 heteroatoms. The van der Waals surface area contributed by atoms with Crippen molar-refractivity contribution in [3.05, 3.63) is 131 Å². The zero-order valence-corrected chi connectivity index (χ0v) is 17.0. The molecule has 0 saturated heterocycles. The van der Waals surface area contributed by atoms with Gasteiger partial charge in [0.25, 0.3) is 0 Å². The zero-order chi connectivity index (χ0) is 20.3. The lowest BCUT2D eigenvalue weighted by molar-refractivity contribution is 0.122. The number of likely N-dealkylation sites (N-methyl/N-ethyl adjacent to an activating group) is 1. The first-order chi connectivity index (χ1) is 14.1. The molecule has 0 heterocycles. The van der Waals surface area contributed by atoms with Crippen LogP contribution < -0.4 is 0 Å². The van der Waals surface area contributed by atoms with Crippen molar-refractivity contribution in [2.45, 2.75) is 11.5 Å². The van der Waals surface area contributed by atoms with Crippen molar-refractivity contribution in [2.24, 2.45) is 0 Å². The van der Waals surface area contributed by atoms with Crippen LogP contribution in [0.5, 0.6) is 0 Å². The molecule has 0 amide bonds. The molecular weight excluding hydrogens is 354 g/mol. The summed E-state index contributed by atoms with van der Waals surface area (Å²) in [6.07, 6.45) is 4.52. The molecule has 0 spiro atoms. The van der Waals surface area contributed by atoms with Crippen LogP contribution in [0.25, 0.3) is 0 Å². The van der Waals surface area contributed by atoms with Crippen LogP contribution in [0.2, 0.25) is 0 Å². The average Bonchev–Trinajstić information content (AvgIpc) is 3.18. The van der Waals surface area contributed by atoms with Crippen LogP contribution in [-0.4, -0.2) is 30.6 Å². The van der Waals surface area contributed by atoms with Crippen LogP contribution in [0.3, 0.4) is 0 Å². The van der Waals surface area contributed by atoms with Gasteiger partial charge < -0.3 is 10.0 Å². The van der Waals surface area contributed by atoms with Crippen molar-refractivity contribution < 1.29 is 5.11 Å². The molecule has 0 saturated carbocycles. The SMILES string of the molecule is CN(C)CC1=CC(c2ccccc2)C=C1C(O)(c1ccccc1)c1ccccc1. The van der Waals surface area contributed by atoms with Crippen molar-refractivity contribution in [2.75, 3.05) is 20.6 Å². The van der Waals surface area contributed by atoms with Gasteiger partial charge in [0, 0.05) is 12.5 Å². The summed E-state index contributed by atoms with van der Waals surface area (Å²) in [6.45, 7) is 0.775. The van der Waals surface area contributed by atoms with Crippen molar-refractivity contribution >= 4 is 0 Å². The molecule has 0 bridgehead atoms. The Labute approximate surface area is 173 Å². The highest BCUT2D eigenvalue weighted by molar-refractivity contribution is 5.58. The van der Waals surface area contributed by atoms with E-state index in [1.165, 1.54) is 11.1 Å². The fraction of sp³-hybridized carbons (Fsp3) is 0.185. The lowest BCUT2D eigenvalue weighted by atomic mass is 9.77. The summed E-state index contributed by atoms with van der Waals surface area (Å²) >= 11 is 0. The smallest absolute Gasteiger partial charge is 0.140 e. The van der Waals surface area contributed by atoms with Gasteiger partial charge in [-0.05, 0) is 41.9 Å². The van der Waals surface area contributed by atoms with Gasteiger partial charge in [-0.15, -0.1) is 0 Å². The quantitative estimate of drug-likeness (QED) is 0.639. The molecule has 1 N–H and O–H groups in total. The standard InChI is InChI=1S/C27H27NO/c1-28(2)20-23-18-22(21-12-6-3-7-13-21)19-26(23)27(29,24-14-8-4-9-15-24)25-16-10-5-11-17-25/h3-19,22,29H,20H2,1-2H3. The summed E-state index contributed by atoms with van der Waals surface area (Å²) in [5, 5.41) is 12.3. The second-order valence-corrected chi connectivity index (χ2v) is 7.89. The summed E-state index contributed by atoms with van der Waals surface area (Å²) in [5.41, 5.74) is 3.94. The van der Waals surface area contributed by atoms with E-state index < -0.39 is 5.60 Å². The molecular formula is C27H27NO. The normalized spacial score (nSPS) is 16.6. The Balaban J connectivity index is 1.89. The van der Waals surface area contributed by atoms with E-state index in [9.17, 15) is 5.11 Å². The van der Waals surface area contributed by atoms with E-state index in [4.69, 9.17) is 0 Å². The molecule has 1 atom stereocenters. The molecule has 146 valence electrons. The van der Waals surface area contributed by atoms with Gasteiger partial charge in [-0.2, -0.15) is 0 Å². The van der Waals surface area contributed by atoms with E-state index in [0.29, 0.717) is 0 Å². The van der Waals surface area contributed by atoms with Crippen LogP contribution in [0, 0.1) is 0 Å². The number of allylic oxidation sites excluding steroid dienone is 2. The number of hydrogen-bond acceptors (Lipinski definition) is 2. The van der Waals surface area contributed by atoms with E-state index in [0.717, 1.165) is 23.2 Å². The predicted octanol–water partition coefficient (Wildman–Crippen LogP) is 5.13. The van der Waals surface area contributed by atoms with Gasteiger partial charge in [-0.3, -0.25) is 0 Å². The second-order valence-electron chi connectivity index (χ2n) is 7.89. The van der Waals surface area contributed by atoms with Gasteiger partial charge in [-0.25, -0.2) is 0 Å². The molecule has 1 aliphatic carbocycles. The molecule has 4 rings (SSSR count). The third kappa shape index (κ3) is 3.82. The first-order valence-electron chi connectivity index (χ1n) is 10.1. The largest absolute Gasteiger partial charge is 0.376 e. The van der Waals surface area contributed by atoms with Crippen molar-refractivity contribution in [3.63, 3.8) is 0 Å². The van der Waals surface area contributed by atoms with Crippen LogP contribution in [0.4, 0.5) is 0 Å². The topological polar surface area (TPSA) is 23.5 Å². The molecule has 29 heavy (non-hydrogen) atoms. The molecule has 3 aromatic rings. The maximum Gasteiger partial charge on any atom is 0.140 e. The zero-order valence-electron chi connectivity index (χ0n) is 17.0. The van der Waals surface area contributed by atoms with E-state index in [1.807, 2.05) is 66.7 Å². The predicted molar refractivity (Wildman–Crippen MR) is 120 cm³/mol. The monoisotopic (exact) mass is 381 g/mol. The van der Waals surface area contributed by atoms with E-state index >= 15 is 0 Å². The van der Waals surface area contributed by atoms with E-state index in [-0.39, 0.29) is 5.92 Å². The van der Waals surface area contributed by atoms with Gasteiger partial charge in [0.05, 0.1) is 0 Å². The molecule has 2 nitrogen and oxygen atoms in total. The molecule has 0 radical (unpaired) electrons. The number of aliphatic hydroxyl groups is 1. The van der Waals surface area contributed by atoms with Gasteiger partial charge in [0.1, 0.15) is 5.60 Å². The fourth-order valence-corrected chi connectivity index (χ4v) is 4.18. The molecule has 3 aromatic carbocycles. The average molecular weight is 382 g/mol. The maximum absolute atomic E-state index is 12.3. The lowest BCUT2D eigenvalue weighted by Crippen LogP contribution is -2.32. The number of benzene rings is 3. The summed E-state index contributed by atoms with van der Waals surface area (Å²) in [4.78, 5) is 2.16. The van der Waals surface area contributed by atoms with Gasteiger partial charge in [-0.1, -0.05) is 103 Å². The minimum absolute atomic E-state index is 0.153. The minimum Gasteiger partial charge on any atom is -0.376 e. The lowest BCUT2D eigenvalue weighted by Gasteiger charge is -2.33. The highest BCUT2D eigenvalue weighted by Gasteiger charge is 2.40. The van der Waals surface area contributed by atoms with Gasteiger partial charge in [0.2, 0.25) is 0 Å². The molecule has 0 aromatic heterocycles. The number of rotatable bonds is 6. The molecule has 1 unspecified atom stereocenters. The Kier molecular flexibility index (Phi) is 5.48. The first kappa shape index (κ1) is 19.4. The Morgan fingerprint density at radius 3 is 1.69 bits per heavy atom. The highest BCUT2D eigenvalue weighted by Crippen LogP contribution is 2.45. The van der Waals surface area contributed by atoms with Crippen LogP contribution >= 0.6 is 0 Å². The number of nitrogens with zero attached hydrogens (tertiary/aromatic N) is 1. The summed E-state index contributed by atoms with van der Waals surface area (Å²) in [5.74, 6) is 0.153. The highest BCUT2D eigenvalue weighted by atomic mass is 16.3. The van der Waals surface area contributed by atoms with Crippen molar-refractivity contribution in [3.8, 4) is 0 Å². The summed E-state index contributed by atoms with van der Waals surface area (Å²) < 4.78 is 0. The maximum atomic E-state index is 12.3. The Morgan fingerprint density at radius 1 is 0.724 bits per heavy atom. The fourth-order valence-electron chi connectivity index (χ4n) is 4.18. The van der Waals surface area contributed by atoms with E-state index in [2.05, 4.69) is 55.4 Å². The van der Waals surface area contributed by atoms with Crippen molar-refractivity contribution in [1.82, 2.24) is 4.90 Å². The molecule has 0 fully saturated rings. The Bertz CT molecular complexity index is 965. The Morgan fingerprint density at radius 2 is 1.21 bits per heavy atom. The summed E-state index contributed by atoms with van der Waals surface area (Å²) in [6, 6.07) is 30.5. The molecule has 0 aliphatic heterocycles. The van der Waals surface area contributed by atoms with E-state index in [1.54, 1.807) is 0 Å². The third-order valence-corrected chi connectivity index (χ3v) is 5.52.